The highest BCUT2D eigenvalue weighted by Crippen LogP contribution is 2.10. The molecule has 1 aromatic rings. The Labute approximate surface area is 82.7 Å². The van der Waals surface area contributed by atoms with Crippen molar-refractivity contribution in [2.75, 3.05) is 13.7 Å². The van der Waals surface area contributed by atoms with Gasteiger partial charge in [0.15, 0.2) is 5.78 Å². The minimum absolute atomic E-state index is 0.0913. The first kappa shape index (κ1) is 10.9. The van der Waals surface area contributed by atoms with Crippen LogP contribution in [0.15, 0.2) is 24.3 Å². The van der Waals surface area contributed by atoms with Gasteiger partial charge in [-0.25, -0.2) is 4.39 Å². The van der Waals surface area contributed by atoms with Crippen molar-refractivity contribution in [2.24, 2.45) is 5.92 Å². The van der Waals surface area contributed by atoms with Crippen LogP contribution >= 0.6 is 0 Å². The van der Waals surface area contributed by atoms with Gasteiger partial charge < -0.3 is 4.74 Å². The van der Waals surface area contributed by atoms with Gasteiger partial charge in [-0.2, -0.15) is 0 Å². The molecular formula is C11H13FO2. The lowest BCUT2D eigenvalue weighted by Gasteiger charge is -2.08. The summed E-state index contributed by atoms with van der Waals surface area (Å²) >= 11 is 0. The van der Waals surface area contributed by atoms with Crippen LogP contribution in [0, 0.1) is 11.7 Å². The Morgan fingerprint density at radius 3 is 2.86 bits per heavy atom. The molecule has 0 aliphatic heterocycles. The van der Waals surface area contributed by atoms with E-state index in [0.717, 1.165) is 0 Å². The zero-order valence-corrected chi connectivity index (χ0v) is 8.29. The third-order valence-corrected chi connectivity index (χ3v) is 1.97. The second-order valence-corrected chi connectivity index (χ2v) is 3.23. The number of Topliss-reactive ketones (excluding diaryl/α,β-unsaturated/α-hetero) is 1. The number of methoxy groups -OCH3 is 1. The van der Waals surface area contributed by atoms with E-state index in [9.17, 15) is 9.18 Å². The Hall–Kier alpha value is -1.22. The van der Waals surface area contributed by atoms with Crippen molar-refractivity contribution in [3.8, 4) is 0 Å². The predicted molar refractivity (Wildman–Crippen MR) is 51.8 cm³/mol. The molecule has 0 fully saturated rings. The molecule has 1 aromatic carbocycles. The lowest BCUT2D eigenvalue weighted by Crippen LogP contribution is -2.16. The van der Waals surface area contributed by atoms with Crippen molar-refractivity contribution in [1.29, 1.82) is 0 Å². The molecule has 1 rings (SSSR count). The summed E-state index contributed by atoms with van der Waals surface area (Å²) in [6, 6.07) is 5.70. The van der Waals surface area contributed by atoms with Crippen LogP contribution in [-0.2, 0) is 4.74 Å². The molecule has 0 radical (unpaired) electrons. The van der Waals surface area contributed by atoms with Crippen LogP contribution in [0.5, 0.6) is 0 Å². The van der Waals surface area contributed by atoms with Gasteiger partial charge in [0.2, 0.25) is 0 Å². The van der Waals surface area contributed by atoms with E-state index in [0.29, 0.717) is 12.2 Å². The molecule has 0 aliphatic rings. The highest BCUT2D eigenvalue weighted by molar-refractivity contribution is 5.97. The first-order valence-corrected chi connectivity index (χ1v) is 4.44. The molecule has 2 nitrogen and oxygen atoms in total. The number of halogens is 1. The van der Waals surface area contributed by atoms with Gasteiger partial charge in [-0.1, -0.05) is 19.1 Å². The summed E-state index contributed by atoms with van der Waals surface area (Å²) < 4.78 is 17.7. The molecule has 1 atom stereocenters. The second kappa shape index (κ2) is 4.86. The summed E-state index contributed by atoms with van der Waals surface area (Å²) in [7, 11) is 1.54. The average molecular weight is 196 g/mol. The van der Waals surface area contributed by atoms with Crippen molar-refractivity contribution in [3.63, 3.8) is 0 Å². The summed E-state index contributed by atoms with van der Waals surface area (Å²) in [4.78, 5) is 11.6. The first-order chi connectivity index (χ1) is 6.65. The van der Waals surface area contributed by atoms with Crippen LogP contribution in [0.3, 0.4) is 0 Å². The molecule has 0 N–H and O–H groups in total. The Balaban J connectivity index is 2.78. The van der Waals surface area contributed by atoms with Gasteiger partial charge in [0.1, 0.15) is 5.82 Å². The molecule has 3 heteroatoms. The van der Waals surface area contributed by atoms with E-state index < -0.39 is 0 Å². The van der Waals surface area contributed by atoms with E-state index in [1.165, 1.54) is 25.3 Å². The molecule has 76 valence electrons. The van der Waals surface area contributed by atoms with Crippen molar-refractivity contribution in [2.45, 2.75) is 6.92 Å². The minimum Gasteiger partial charge on any atom is -0.384 e. The van der Waals surface area contributed by atoms with E-state index in [1.807, 2.05) is 0 Å². The maximum absolute atomic E-state index is 12.8. The number of hydrogen-bond donors (Lipinski definition) is 0. The van der Waals surface area contributed by atoms with Crippen LogP contribution in [0.4, 0.5) is 4.39 Å². The van der Waals surface area contributed by atoms with Crippen LogP contribution < -0.4 is 0 Å². The summed E-state index contributed by atoms with van der Waals surface area (Å²) in [5.74, 6) is -0.714. The Morgan fingerprint density at radius 2 is 2.29 bits per heavy atom. The van der Waals surface area contributed by atoms with Gasteiger partial charge >= 0.3 is 0 Å². The number of carbonyl (C=O) groups is 1. The number of ketones is 1. The van der Waals surface area contributed by atoms with Crippen molar-refractivity contribution >= 4 is 5.78 Å². The van der Waals surface area contributed by atoms with Crippen molar-refractivity contribution < 1.29 is 13.9 Å². The highest BCUT2D eigenvalue weighted by Gasteiger charge is 2.14. The Bertz CT molecular complexity index is 323. The number of ether oxygens (including phenoxy) is 1. The maximum Gasteiger partial charge on any atom is 0.168 e. The molecule has 0 aromatic heterocycles. The summed E-state index contributed by atoms with van der Waals surface area (Å²) in [6.45, 7) is 2.12. The molecule has 0 saturated carbocycles. The van der Waals surface area contributed by atoms with Gasteiger partial charge in [-0.05, 0) is 12.1 Å². The van der Waals surface area contributed by atoms with Gasteiger partial charge in [-0.15, -0.1) is 0 Å². The summed E-state index contributed by atoms with van der Waals surface area (Å²) in [5.41, 5.74) is 0.398. The van der Waals surface area contributed by atoms with Crippen molar-refractivity contribution in [3.05, 3.63) is 35.6 Å². The SMILES string of the molecule is COCC(C)C(=O)c1cccc(F)c1. The topological polar surface area (TPSA) is 26.3 Å². The third kappa shape index (κ3) is 2.64. The lowest BCUT2D eigenvalue weighted by atomic mass is 10.0. The summed E-state index contributed by atoms with van der Waals surface area (Å²) in [5, 5.41) is 0. The second-order valence-electron chi connectivity index (χ2n) is 3.23. The van der Waals surface area contributed by atoms with E-state index >= 15 is 0 Å². The molecule has 0 aliphatic carbocycles. The fourth-order valence-corrected chi connectivity index (χ4v) is 1.25. The molecule has 0 saturated heterocycles. The molecule has 0 amide bonds. The van der Waals surface area contributed by atoms with Crippen LogP contribution in [0.25, 0.3) is 0 Å². The third-order valence-electron chi connectivity index (χ3n) is 1.97. The molecule has 0 heterocycles. The Kier molecular flexibility index (Phi) is 3.77. The fourth-order valence-electron chi connectivity index (χ4n) is 1.25. The number of hydrogen-bond acceptors (Lipinski definition) is 2. The highest BCUT2D eigenvalue weighted by atomic mass is 19.1. The summed E-state index contributed by atoms with van der Waals surface area (Å²) in [6.07, 6.45) is 0. The zero-order valence-electron chi connectivity index (χ0n) is 8.29. The molecule has 1 unspecified atom stereocenters. The maximum atomic E-state index is 12.8. The van der Waals surface area contributed by atoms with E-state index in [4.69, 9.17) is 4.74 Å². The quantitative estimate of drug-likeness (QED) is 0.690. The predicted octanol–water partition coefficient (Wildman–Crippen LogP) is 2.29. The monoisotopic (exact) mass is 196 g/mol. The van der Waals surface area contributed by atoms with Gasteiger partial charge in [0.05, 0.1) is 6.61 Å². The number of benzene rings is 1. The fraction of sp³-hybridized carbons (Fsp3) is 0.364. The van der Waals surface area contributed by atoms with Gasteiger partial charge in [0.25, 0.3) is 0 Å². The van der Waals surface area contributed by atoms with E-state index in [1.54, 1.807) is 13.0 Å². The minimum atomic E-state index is -0.388. The van der Waals surface area contributed by atoms with Crippen molar-refractivity contribution in [1.82, 2.24) is 0 Å². The first-order valence-electron chi connectivity index (χ1n) is 4.44. The molecule has 0 bridgehead atoms. The largest absolute Gasteiger partial charge is 0.384 e. The van der Waals surface area contributed by atoms with Crippen LogP contribution in [-0.4, -0.2) is 19.5 Å². The molecule has 14 heavy (non-hydrogen) atoms. The van der Waals surface area contributed by atoms with Crippen LogP contribution in [0.1, 0.15) is 17.3 Å². The lowest BCUT2D eigenvalue weighted by molar-refractivity contribution is 0.0829. The molecular weight excluding hydrogens is 183 g/mol. The molecule has 0 spiro atoms. The average Bonchev–Trinajstić information content (AvgIpc) is 2.17. The number of carbonyl (C=O) groups excluding carboxylic acids is 1. The Morgan fingerprint density at radius 1 is 1.57 bits per heavy atom. The van der Waals surface area contributed by atoms with Gasteiger partial charge in [-0.3, -0.25) is 4.79 Å². The zero-order chi connectivity index (χ0) is 10.6. The van der Waals surface area contributed by atoms with E-state index in [-0.39, 0.29) is 17.5 Å². The van der Waals surface area contributed by atoms with E-state index in [2.05, 4.69) is 0 Å². The van der Waals surface area contributed by atoms with Crippen LogP contribution in [0.2, 0.25) is 0 Å². The number of rotatable bonds is 4. The standard InChI is InChI=1S/C11H13FO2/c1-8(7-14-2)11(13)9-4-3-5-10(12)6-9/h3-6,8H,7H2,1-2H3. The normalized spacial score (nSPS) is 12.5. The van der Waals surface area contributed by atoms with Gasteiger partial charge in [0, 0.05) is 18.6 Å². The smallest absolute Gasteiger partial charge is 0.168 e.